The fourth-order valence-corrected chi connectivity index (χ4v) is 4.61. The van der Waals surface area contributed by atoms with Gasteiger partial charge in [0.05, 0.1) is 5.75 Å². The average molecular weight is 260 g/mol. The van der Waals surface area contributed by atoms with Crippen molar-refractivity contribution in [3.8, 4) is 0 Å². The first-order valence-electron chi connectivity index (χ1n) is 6.72. The molecule has 0 amide bonds. The lowest BCUT2D eigenvalue weighted by molar-refractivity contribution is 0.360. The third-order valence-corrected chi connectivity index (χ3v) is 5.67. The summed E-state index contributed by atoms with van der Waals surface area (Å²) in [5.41, 5.74) is 0. The Balaban J connectivity index is 2.00. The number of sulfonamides is 1. The Morgan fingerprint density at radius 2 is 2.00 bits per heavy atom. The van der Waals surface area contributed by atoms with Crippen LogP contribution in [0.1, 0.15) is 39.5 Å². The molecule has 0 aromatic carbocycles. The average Bonchev–Trinajstić information content (AvgIpc) is 2.90. The fourth-order valence-electron chi connectivity index (χ4n) is 2.50. The van der Waals surface area contributed by atoms with Crippen LogP contribution in [0.5, 0.6) is 0 Å². The minimum Gasteiger partial charge on any atom is -0.313 e. The molecule has 2 aliphatic rings. The van der Waals surface area contributed by atoms with Crippen molar-refractivity contribution in [2.24, 2.45) is 5.92 Å². The van der Waals surface area contributed by atoms with Gasteiger partial charge in [0, 0.05) is 18.6 Å². The van der Waals surface area contributed by atoms with Crippen LogP contribution in [-0.4, -0.2) is 43.6 Å². The van der Waals surface area contributed by atoms with E-state index in [9.17, 15) is 8.42 Å². The predicted octanol–water partition coefficient (Wildman–Crippen LogP) is 1.19. The first-order valence-corrected chi connectivity index (χ1v) is 8.33. The van der Waals surface area contributed by atoms with Crippen LogP contribution in [0.4, 0.5) is 0 Å². The Morgan fingerprint density at radius 1 is 1.29 bits per heavy atom. The third-order valence-electron chi connectivity index (χ3n) is 3.42. The first kappa shape index (κ1) is 13.3. The van der Waals surface area contributed by atoms with Gasteiger partial charge in [-0.1, -0.05) is 13.8 Å². The molecule has 0 aromatic rings. The van der Waals surface area contributed by atoms with Crippen LogP contribution in [-0.2, 0) is 10.0 Å². The van der Waals surface area contributed by atoms with Crippen molar-refractivity contribution in [2.45, 2.75) is 51.6 Å². The summed E-state index contributed by atoms with van der Waals surface area (Å²) in [5.74, 6) is 0.494. The monoisotopic (exact) mass is 260 g/mol. The highest BCUT2D eigenvalue weighted by molar-refractivity contribution is 7.89. The normalized spacial score (nSPS) is 26.0. The molecule has 1 saturated carbocycles. The van der Waals surface area contributed by atoms with Crippen molar-refractivity contribution >= 4 is 10.0 Å². The van der Waals surface area contributed by atoms with E-state index in [0.29, 0.717) is 18.6 Å². The van der Waals surface area contributed by atoms with Crippen molar-refractivity contribution < 1.29 is 8.42 Å². The number of hydrogen-bond donors (Lipinski definition) is 1. The summed E-state index contributed by atoms with van der Waals surface area (Å²) >= 11 is 0. The molecular formula is C12H24N2O2S. The van der Waals surface area contributed by atoms with Gasteiger partial charge >= 0.3 is 0 Å². The van der Waals surface area contributed by atoms with Crippen molar-refractivity contribution in [3.63, 3.8) is 0 Å². The Bertz CT molecular complexity index is 344. The zero-order valence-electron chi connectivity index (χ0n) is 10.9. The van der Waals surface area contributed by atoms with E-state index < -0.39 is 10.0 Å². The summed E-state index contributed by atoms with van der Waals surface area (Å²) in [6.45, 7) is 5.65. The largest absolute Gasteiger partial charge is 0.313 e. The lowest BCUT2D eigenvalue weighted by Gasteiger charge is -2.25. The van der Waals surface area contributed by atoms with Crippen molar-refractivity contribution in [1.29, 1.82) is 0 Å². The van der Waals surface area contributed by atoms with E-state index in [4.69, 9.17) is 0 Å². The van der Waals surface area contributed by atoms with E-state index in [-0.39, 0.29) is 11.7 Å². The molecule has 1 heterocycles. The number of nitrogens with zero attached hydrogens (tertiary/aromatic N) is 1. The minimum absolute atomic E-state index is 0.206. The summed E-state index contributed by atoms with van der Waals surface area (Å²) in [7, 11) is -3.05. The molecule has 0 spiro atoms. The van der Waals surface area contributed by atoms with Gasteiger partial charge in [0.15, 0.2) is 0 Å². The molecule has 5 heteroatoms. The maximum absolute atomic E-state index is 12.3. The molecule has 1 N–H and O–H groups in total. The Labute approximate surface area is 105 Å². The SMILES string of the molecule is CC(C)CS(=O)(=O)N(CC1CCCN1)C1CC1. The highest BCUT2D eigenvalue weighted by Gasteiger charge is 2.38. The highest BCUT2D eigenvalue weighted by Crippen LogP contribution is 2.30. The van der Waals surface area contributed by atoms with E-state index in [1.807, 2.05) is 13.8 Å². The summed E-state index contributed by atoms with van der Waals surface area (Å²) in [6.07, 6.45) is 4.38. The van der Waals surface area contributed by atoms with Crippen LogP contribution in [0, 0.1) is 5.92 Å². The van der Waals surface area contributed by atoms with Gasteiger partial charge in [-0.05, 0) is 38.1 Å². The molecule has 0 radical (unpaired) electrons. The van der Waals surface area contributed by atoms with Crippen LogP contribution in [0.3, 0.4) is 0 Å². The second-order valence-electron chi connectivity index (χ2n) is 5.77. The molecule has 17 heavy (non-hydrogen) atoms. The van der Waals surface area contributed by atoms with E-state index in [1.54, 1.807) is 4.31 Å². The maximum Gasteiger partial charge on any atom is 0.214 e. The molecule has 1 aliphatic heterocycles. The standard InChI is InChI=1S/C12H24N2O2S/c1-10(2)9-17(15,16)14(12-5-6-12)8-11-4-3-7-13-11/h10-13H,3-9H2,1-2H3. The third kappa shape index (κ3) is 3.66. The van der Waals surface area contributed by atoms with E-state index >= 15 is 0 Å². The molecule has 1 aliphatic carbocycles. The van der Waals surface area contributed by atoms with Gasteiger partial charge < -0.3 is 5.32 Å². The van der Waals surface area contributed by atoms with Crippen LogP contribution >= 0.6 is 0 Å². The maximum atomic E-state index is 12.3. The van der Waals surface area contributed by atoms with E-state index in [0.717, 1.165) is 25.8 Å². The number of nitrogens with one attached hydrogen (secondary N) is 1. The smallest absolute Gasteiger partial charge is 0.214 e. The van der Waals surface area contributed by atoms with Gasteiger partial charge in [-0.15, -0.1) is 0 Å². The van der Waals surface area contributed by atoms with E-state index in [1.165, 1.54) is 6.42 Å². The summed E-state index contributed by atoms with van der Waals surface area (Å²) < 4.78 is 26.4. The van der Waals surface area contributed by atoms with Crippen molar-refractivity contribution in [2.75, 3.05) is 18.8 Å². The molecule has 2 rings (SSSR count). The number of rotatable bonds is 6. The minimum atomic E-state index is -3.05. The molecule has 1 atom stereocenters. The van der Waals surface area contributed by atoms with Gasteiger partial charge in [0.2, 0.25) is 10.0 Å². The lowest BCUT2D eigenvalue weighted by Crippen LogP contribution is -2.43. The lowest BCUT2D eigenvalue weighted by atomic mass is 10.2. The number of hydrogen-bond acceptors (Lipinski definition) is 3. The molecule has 100 valence electrons. The zero-order chi connectivity index (χ0) is 12.5. The topological polar surface area (TPSA) is 49.4 Å². The molecule has 2 fully saturated rings. The summed E-state index contributed by atoms with van der Waals surface area (Å²) in [4.78, 5) is 0. The van der Waals surface area contributed by atoms with Crippen LogP contribution in [0.15, 0.2) is 0 Å². The van der Waals surface area contributed by atoms with Gasteiger partial charge in [0.1, 0.15) is 0 Å². The van der Waals surface area contributed by atoms with Gasteiger partial charge in [0.25, 0.3) is 0 Å². The van der Waals surface area contributed by atoms with Gasteiger partial charge in [-0.2, -0.15) is 4.31 Å². The highest BCUT2D eigenvalue weighted by atomic mass is 32.2. The molecule has 0 aromatic heterocycles. The molecule has 1 unspecified atom stereocenters. The summed E-state index contributed by atoms with van der Waals surface area (Å²) in [6, 6.07) is 0.665. The van der Waals surface area contributed by atoms with Gasteiger partial charge in [-0.25, -0.2) is 8.42 Å². The van der Waals surface area contributed by atoms with Gasteiger partial charge in [-0.3, -0.25) is 0 Å². The Kier molecular flexibility index (Phi) is 4.10. The second-order valence-corrected chi connectivity index (χ2v) is 7.73. The Hall–Kier alpha value is -0.130. The first-order chi connectivity index (χ1) is 7.99. The molecule has 4 nitrogen and oxygen atoms in total. The summed E-state index contributed by atoms with van der Waals surface area (Å²) in [5, 5.41) is 3.39. The molecular weight excluding hydrogens is 236 g/mol. The predicted molar refractivity (Wildman–Crippen MR) is 69.4 cm³/mol. The zero-order valence-corrected chi connectivity index (χ0v) is 11.7. The Morgan fingerprint density at radius 3 is 2.47 bits per heavy atom. The second kappa shape index (κ2) is 5.24. The van der Waals surface area contributed by atoms with Crippen molar-refractivity contribution in [3.05, 3.63) is 0 Å². The van der Waals surface area contributed by atoms with Crippen LogP contribution < -0.4 is 5.32 Å². The fraction of sp³-hybridized carbons (Fsp3) is 1.00. The van der Waals surface area contributed by atoms with Crippen LogP contribution in [0.2, 0.25) is 0 Å². The molecule has 0 bridgehead atoms. The van der Waals surface area contributed by atoms with E-state index in [2.05, 4.69) is 5.32 Å². The van der Waals surface area contributed by atoms with Crippen molar-refractivity contribution in [1.82, 2.24) is 9.62 Å². The van der Waals surface area contributed by atoms with Crippen LogP contribution in [0.25, 0.3) is 0 Å². The quantitative estimate of drug-likeness (QED) is 0.780. The molecule has 1 saturated heterocycles.